The Balaban J connectivity index is 4.17. The van der Waals surface area contributed by atoms with Crippen LogP contribution in [0.1, 0.15) is 91.9 Å². The molecule has 0 radical (unpaired) electrons. The Hall–Kier alpha value is -2.78. The Morgan fingerprint density at radius 2 is 1.34 bits per heavy atom. The molecule has 35 heavy (non-hydrogen) atoms. The number of hydrogen-bond acceptors (Lipinski definition) is 7. The highest BCUT2D eigenvalue weighted by atomic mass is 16.7. The van der Waals surface area contributed by atoms with E-state index in [0.717, 1.165) is 43.4 Å². The molecule has 0 aromatic carbocycles. The zero-order valence-corrected chi connectivity index (χ0v) is 22.0. The molecule has 10 nitrogen and oxygen atoms in total. The first-order valence-electron chi connectivity index (χ1n) is 12.8. The van der Waals surface area contributed by atoms with Crippen molar-refractivity contribution in [2.24, 2.45) is 0 Å². The van der Waals surface area contributed by atoms with Crippen molar-refractivity contribution in [3.8, 4) is 0 Å². The lowest BCUT2D eigenvalue weighted by Crippen LogP contribution is -2.38. The number of carbonyl (C=O) groups excluding carboxylic acids is 4. The van der Waals surface area contributed by atoms with Crippen molar-refractivity contribution in [2.75, 3.05) is 26.2 Å². The molecule has 0 aliphatic carbocycles. The number of carbonyl (C=O) groups is 4. The topological polar surface area (TPSA) is 123 Å². The van der Waals surface area contributed by atoms with Crippen LogP contribution in [0.15, 0.2) is 12.2 Å². The second-order valence-corrected chi connectivity index (χ2v) is 8.29. The van der Waals surface area contributed by atoms with E-state index >= 15 is 0 Å². The summed E-state index contributed by atoms with van der Waals surface area (Å²) in [5, 5.41) is 5.34. The molecule has 0 aromatic rings. The lowest BCUT2D eigenvalue weighted by Gasteiger charge is -2.20. The van der Waals surface area contributed by atoms with Gasteiger partial charge in [-0.1, -0.05) is 52.5 Å². The summed E-state index contributed by atoms with van der Waals surface area (Å²) in [4.78, 5) is 49.1. The molecule has 0 rings (SSSR count). The summed E-state index contributed by atoms with van der Waals surface area (Å²) < 4.78 is 15.4. The van der Waals surface area contributed by atoms with Crippen LogP contribution in [-0.2, 0) is 19.0 Å². The third-order valence-corrected chi connectivity index (χ3v) is 4.98. The Morgan fingerprint density at radius 1 is 0.800 bits per heavy atom. The first-order valence-corrected chi connectivity index (χ1v) is 12.8. The summed E-state index contributed by atoms with van der Waals surface area (Å²) >= 11 is 0. The van der Waals surface area contributed by atoms with Crippen molar-refractivity contribution in [2.45, 2.75) is 98.2 Å². The molecule has 1 unspecified atom stereocenters. The monoisotopic (exact) mass is 499 g/mol. The Kier molecular flexibility index (Phi) is 18.9. The smallest absolute Gasteiger partial charge is 0.416 e. The number of imide groups is 1. The van der Waals surface area contributed by atoms with E-state index in [1.807, 2.05) is 6.92 Å². The molecule has 4 amide bonds. The molecule has 202 valence electrons. The zero-order valence-electron chi connectivity index (χ0n) is 22.0. The van der Waals surface area contributed by atoms with Crippen molar-refractivity contribution in [1.82, 2.24) is 15.5 Å². The molecule has 2 N–H and O–H groups in total. The third-order valence-electron chi connectivity index (χ3n) is 4.98. The second kappa shape index (κ2) is 20.6. The summed E-state index contributed by atoms with van der Waals surface area (Å²) in [7, 11) is 0. The maximum atomic E-state index is 12.1. The fraction of sp³-hybridized carbons (Fsp3) is 0.760. The van der Waals surface area contributed by atoms with Crippen molar-refractivity contribution in [1.29, 1.82) is 0 Å². The van der Waals surface area contributed by atoms with E-state index in [0.29, 0.717) is 38.8 Å². The molecule has 0 aromatic heterocycles. The SMILES string of the molecule is C=C(C)C(=O)N(CCCCCCNC(=O)OC(CCC)OC(=O)NCCCCCC)C(=O)OCC. The molecule has 0 saturated heterocycles. The number of rotatable bonds is 18. The predicted octanol–water partition coefficient (Wildman–Crippen LogP) is 5.27. The first kappa shape index (κ1) is 32.2. The highest BCUT2D eigenvalue weighted by Gasteiger charge is 2.22. The minimum atomic E-state index is -0.935. The van der Waals surface area contributed by atoms with Gasteiger partial charge in [0.15, 0.2) is 0 Å². The highest BCUT2D eigenvalue weighted by Crippen LogP contribution is 2.08. The molecule has 0 fully saturated rings. The molecule has 1 atom stereocenters. The van der Waals surface area contributed by atoms with Crippen molar-refractivity contribution in [3.05, 3.63) is 12.2 Å². The van der Waals surface area contributed by atoms with E-state index in [-0.39, 0.29) is 18.7 Å². The van der Waals surface area contributed by atoms with Crippen LogP contribution < -0.4 is 10.6 Å². The van der Waals surface area contributed by atoms with E-state index in [1.54, 1.807) is 13.8 Å². The lowest BCUT2D eigenvalue weighted by molar-refractivity contribution is -0.125. The predicted molar refractivity (Wildman–Crippen MR) is 134 cm³/mol. The standard InChI is InChI=1S/C25H45N3O7/c1-6-9-10-13-17-26-23(30)34-21(16-7-2)35-24(31)27-18-14-11-12-15-19-28(22(29)20(4)5)25(32)33-8-3/h21H,4,6-19H2,1-3,5H3,(H,26,30)(H,27,31). The van der Waals surface area contributed by atoms with Gasteiger partial charge in [0.25, 0.3) is 12.2 Å². The molecule has 0 aliphatic rings. The first-order chi connectivity index (χ1) is 16.8. The van der Waals surface area contributed by atoms with Gasteiger partial charge in [-0.05, 0) is 39.5 Å². The van der Waals surface area contributed by atoms with E-state index in [2.05, 4.69) is 24.1 Å². The number of unbranched alkanes of at least 4 members (excludes halogenated alkanes) is 6. The fourth-order valence-electron chi connectivity index (χ4n) is 3.09. The lowest BCUT2D eigenvalue weighted by atomic mass is 10.2. The van der Waals surface area contributed by atoms with Crippen molar-refractivity contribution >= 4 is 24.2 Å². The van der Waals surface area contributed by atoms with Crippen LogP contribution in [0.25, 0.3) is 0 Å². The summed E-state index contributed by atoms with van der Waals surface area (Å²) in [5.41, 5.74) is 0.274. The molecule has 0 saturated carbocycles. The van der Waals surface area contributed by atoms with Crippen molar-refractivity contribution < 1.29 is 33.4 Å². The van der Waals surface area contributed by atoms with E-state index in [4.69, 9.17) is 14.2 Å². The molecule has 0 spiro atoms. The van der Waals surface area contributed by atoms with Gasteiger partial charge in [0.2, 0.25) is 0 Å². The quantitative estimate of drug-likeness (QED) is 0.150. The number of hydrogen-bond donors (Lipinski definition) is 2. The van der Waals surface area contributed by atoms with Gasteiger partial charge in [-0.3, -0.25) is 4.79 Å². The van der Waals surface area contributed by atoms with Gasteiger partial charge in [-0.25, -0.2) is 19.3 Å². The van der Waals surface area contributed by atoms with Gasteiger partial charge in [0.05, 0.1) is 6.61 Å². The Bertz CT molecular complexity index is 655. The van der Waals surface area contributed by atoms with Gasteiger partial charge in [-0.15, -0.1) is 0 Å². The van der Waals surface area contributed by atoms with Crippen LogP contribution in [0.5, 0.6) is 0 Å². The van der Waals surface area contributed by atoms with Crippen LogP contribution in [0, 0.1) is 0 Å². The number of nitrogens with zero attached hydrogens (tertiary/aromatic N) is 1. The molecule has 0 heterocycles. The number of ether oxygens (including phenoxy) is 3. The van der Waals surface area contributed by atoms with Crippen LogP contribution in [0.2, 0.25) is 0 Å². The average Bonchev–Trinajstić information content (AvgIpc) is 2.80. The number of alkyl carbamates (subject to hydrolysis) is 2. The largest absolute Gasteiger partial charge is 0.449 e. The van der Waals surface area contributed by atoms with Gasteiger partial charge >= 0.3 is 18.3 Å². The van der Waals surface area contributed by atoms with E-state index in [9.17, 15) is 19.2 Å². The molecular formula is C25H45N3O7. The third kappa shape index (κ3) is 16.5. The van der Waals surface area contributed by atoms with Gasteiger partial charge in [0.1, 0.15) is 0 Å². The Labute approximate surface area is 210 Å². The maximum Gasteiger partial charge on any atom is 0.416 e. The van der Waals surface area contributed by atoms with Crippen molar-refractivity contribution in [3.63, 3.8) is 0 Å². The van der Waals surface area contributed by atoms with E-state index in [1.165, 1.54) is 0 Å². The second-order valence-electron chi connectivity index (χ2n) is 8.29. The summed E-state index contributed by atoms with van der Waals surface area (Å²) in [6.45, 7) is 12.2. The van der Waals surface area contributed by atoms with Crippen LogP contribution in [-0.4, -0.2) is 61.6 Å². The normalized spacial score (nSPS) is 11.2. The molecular weight excluding hydrogens is 454 g/mol. The minimum Gasteiger partial charge on any atom is -0.449 e. The summed E-state index contributed by atoms with van der Waals surface area (Å²) in [6, 6.07) is 0. The molecule has 0 bridgehead atoms. The maximum absolute atomic E-state index is 12.1. The average molecular weight is 500 g/mol. The number of nitrogens with one attached hydrogen (secondary N) is 2. The molecule has 10 heteroatoms. The van der Waals surface area contributed by atoms with Gasteiger partial charge in [0, 0.05) is 31.6 Å². The van der Waals surface area contributed by atoms with Crippen LogP contribution in [0.3, 0.4) is 0 Å². The van der Waals surface area contributed by atoms with Gasteiger partial charge < -0.3 is 24.8 Å². The van der Waals surface area contributed by atoms with Crippen LogP contribution >= 0.6 is 0 Å². The number of amides is 4. The fourth-order valence-corrected chi connectivity index (χ4v) is 3.09. The van der Waals surface area contributed by atoms with E-state index < -0.39 is 30.5 Å². The zero-order chi connectivity index (χ0) is 26.5. The Morgan fingerprint density at radius 3 is 1.83 bits per heavy atom. The van der Waals surface area contributed by atoms with Gasteiger partial charge in [-0.2, -0.15) is 0 Å². The van der Waals surface area contributed by atoms with Crippen LogP contribution in [0.4, 0.5) is 14.4 Å². The highest BCUT2D eigenvalue weighted by molar-refractivity contribution is 6.01. The molecule has 0 aliphatic heterocycles. The minimum absolute atomic E-state index is 0.189. The summed E-state index contributed by atoms with van der Waals surface area (Å²) in [6.07, 6.45) is 5.30. The summed E-state index contributed by atoms with van der Waals surface area (Å²) in [5.74, 6) is -0.443.